The fraction of sp³-hybridized carbons (Fsp3) is 0.556. The number of aromatic nitrogens is 5. The Kier molecular flexibility index (Phi) is 5.53. The standard InChI is InChI=1S/C18H22F3N7OS/c1-3-4-11-7-12-14(23-17(24-15(12)30-11)29-9-10(2)22)27-5-6-28-13(8-27)25-26-16(28)18(19,20)21/h7,10H,3-6,8-9,22H2,1-2H3. The minimum absolute atomic E-state index is 0.116. The van der Waals surface area contributed by atoms with Crippen molar-refractivity contribution in [3.8, 4) is 6.01 Å². The zero-order chi connectivity index (χ0) is 21.5. The monoisotopic (exact) mass is 441 g/mol. The molecule has 1 unspecified atom stereocenters. The second-order valence-corrected chi connectivity index (χ2v) is 8.43. The lowest BCUT2D eigenvalue weighted by molar-refractivity contribution is -0.147. The van der Waals surface area contributed by atoms with E-state index >= 15 is 0 Å². The van der Waals surface area contributed by atoms with Crippen molar-refractivity contribution in [1.82, 2.24) is 24.7 Å². The first-order chi connectivity index (χ1) is 14.3. The Morgan fingerprint density at radius 1 is 1.27 bits per heavy atom. The second kappa shape index (κ2) is 7.99. The normalized spacial score (nSPS) is 15.5. The molecule has 0 spiro atoms. The first kappa shape index (κ1) is 20.8. The van der Waals surface area contributed by atoms with Crippen molar-refractivity contribution in [3.05, 3.63) is 22.6 Å². The first-order valence-electron chi connectivity index (χ1n) is 9.69. The third-order valence-corrected chi connectivity index (χ3v) is 5.77. The summed E-state index contributed by atoms with van der Waals surface area (Å²) in [6, 6.07) is 2.08. The molecular weight excluding hydrogens is 419 g/mol. The highest BCUT2D eigenvalue weighted by Crippen LogP contribution is 2.35. The maximum atomic E-state index is 13.1. The molecule has 1 aliphatic rings. The molecule has 2 N–H and O–H groups in total. The summed E-state index contributed by atoms with van der Waals surface area (Å²) in [5, 5.41) is 7.97. The molecule has 4 heterocycles. The highest BCUT2D eigenvalue weighted by molar-refractivity contribution is 7.18. The molecule has 12 heteroatoms. The van der Waals surface area contributed by atoms with E-state index in [0.717, 1.165) is 27.6 Å². The van der Waals surface area contributed by atoms with E-state index in [1.807, 2.05) is 11.8 Å². The van der Waals surface area contributed by atoms with Gasteiger partial charge in [-0.2, -0.15) is 23.1 Å². The Hall–Kier alpha value is -2.47. The van der Waals surface area contributed by atoms with E-state index in [1.54, 1.807) is 11.3 Å². The first-order valence-corrected chi connectivity index (χ1v) is 10.5. The van der Waals surface area contributed by atoms with Crippen LogP contribution in [-0.4, -0.2) is 43.9 Å². The lowest BCUT2D eigenvalue weighted by Gasteiger charge is -2.29. The Morgan fingerprint density at radius 2 is 2.07 bits per heavy atom. The molecule has 0 radical (unpaired) electrons. The second-order valence-electron chi connectivity index (χ2n) is 7.31. The Morgan fingerprint density at radius 3 is 2.77 bits per heavy atom. The van der Waals surface area contributed by atoms with Crippen LogP contribution >= 0.6 is 11.3 Å². The molecule has 0 aromatic carbocycles. The van der Waals surface area contributed by atoms with Crippen molar-refractivity contribution in [2.45, 2.75) is 52.0 Å². The average molecular weight is 441 g/mol. The lowest BCUT2D eigenvalue weighted by Crippen LogP contribution is -2.36. The van der Waals surface area contributed by atoms with Crippen LogP contribution in [0.15, 0.2) is 6.07 Å². The fourth-order valence-electron chi connectivity index (χ4n) is 3.37. The third-order valence-electron chi connectivity index (χ3n) is 4.68. The van der Waals surface area contributed by atoms with Crippen molar-refractivity contribution in [3.63, 3.8) is 0 Å². The minimum Gasteiger partial charge on any atom is -0.462 e. The Labute approximate surface area is 174 Å². The van der Waals surface area contributed by atoms with Crippen molar-refractivity contribution < 1.29 is 17.9 Å². The van der Waals surface area contributed by atoms with E-state index in [0.29, 0.717) is 12.4 Å². The van der Waals surface area contributed by atoms with Crippen LogP contribution in [-0.2, 0) is 25.7 Å². The number of halogens is 3. The van der Waals surface area contributed by atoms with Gasteiger partial charge >= 0.3 is 12.2 Å². The van der Waals surface area contributed by atoms with E-state index in [2.05, 4.69) is 33.2 Å². The Bertz CT molecular complexity index is 1050. The third kappa shape index (κ3) is 4.06. The number of hydrogen-bond donors (Lipinski definition) is 1. The van der Waals surface area contributed by atoms with Gasteiger partial charge in [0, 0.05) is 24.0 Å². The fourth-order valence-corrected chi connectivity index (χ4v) is 4.48. The molecule has 162 valence electrons. The van der Waals surface area contributed by atoms with Gasteiger partial charge in [0.15, 0.2) is 5.82 Å². The van der Waals surface area contributed by atoms with Gasteiger partial charge in [-0.1, -0.05) is 13.3 Å². The molecule has 0 bridgehead atoms. The van der Waals surface area contributed by atoms with Crippen molar-refractivity contribution in [2.75, 3.05) is 18.1 Å². The molecule has 3 aromatic rings. The summed E-state index contributed by atoms with van der Waals surface area (Å²) in [6.07, 6.45) is -2.62. The molecular formula is C18H22F3N7OS. The molecule has 4 rings (SSSR count). The van der Waals surface area contributed by atoms with E-state index in [1.165, 1.54) is 4.88 Å². The predicted molar refractivity (Wildman–Crippen MR) is 107 cm³/mol. The molecule has 3 aromatic heterocycles. The van der Waals surface area contributed by atoms with E-state index in [-0.39, 0.29) is 37.6 Å². The summed E-state index contributed by atoms with van der Waals surface area (Å²) < 4.78 is 46.2. The molecule has 0 saturated carbocycles. The maximum absolute atomic E-state index is 13.1. The van der Waals surface area contributed by atoms with Crippen LogP contribution in [0.2, 0.25) is 0 Å². The SMILES string of the molecule is CCCc1cc2c(N3CCn4c(nnc4C(F)(F)F)C3)nc(OCC(C)N)nc2s1. The molecule has 0 fully saturated rings. The summed E-state index contributed by atoms with van der Waals surface area (Å²) in [7, 11) is 0. The van der Waals surface area contributed by atoms with Gasteiger partial charge in [0.05, 0.1) is 11.9 Å². The molecule has 1 atom stereocenters. The van der Waals surface area contributed by atoms with Crippen molar-refractivity contribution >= 4 is 27.4 Å². The summed E-state index contributed by atoms with van der Waals surface area (Å²) in [5.74, 6) is -0.0878. The molecule has 0 amide bonds. The van der Waals surface area contributed by atoms with Crippen LogP contribution < -0.4 is 15.4 Å². The van der Waals surface area contributed by atoms with E-state index < -0.39 is 12.0 Å². The molecule has 8 nitrogen and oxygen atoms in total. The minimum atomic E-state index is -4.53. The molecule has 1 aliphatic heterocycles. The summed E-state index contributed by atoms with van der Waals surface area (Å²) >= 11 is 1.57. The van der Waals surface area contributed by atoms with E-state index in [4.69, 9.17) is 10.5 Å². The molecule has 0 aliphatic carbocycles. The van der Waals surface area contributed by atoms with Crippen LogP contribution in [0.3, 0.4) is 0 Å². The van der Waals surface area contributed by atoms with Crippen LogP contribution in [0.1, 0.15) is 36.8 Å². The number of anilines is 1. The maximum Gasteiger partial charge on any atom is 0.451 e. The largest absolute Gasteiger partial charge is 0.462 e. The smallest absolute Gasteiger partial charge is 0.451 e. The van der Waals surface area contributed by atoms with Gasteiger partial charge in [0.1, 0.15) is 17.3 Å². The lowest BCUT2D eigenvalue weighted by atomic mass is 10.2. The summed E-state index contributed by atoms with van der Waals surface area (Å²) in [4.78, 5) is 12.9. The van der Waals surface area contributed by atoms with Gasteiger partial charge in [-0.3, -0.25) is 0 Å². The highest BCUT2D eigenvalue weighted by atomic mass is 32.1. The number of thiophene rings is 1. The number of nitrogens with two attached hydrogens (primary N) is 1. The zero-order valence-electron chi connectivity index (χ0n) is 16.6. The van der Waals surface area contributed by atoms with Crippen molar-refractivity contribution in [1.29, 1.82) is 0 Å². The van der Waals surface area contributed by atoms with Crippen LogP contribution in [0.5, 0.6) is 6.01 Å². The van der Waals surface area contributed by atoms with Crippen LogP contribution in [0.4, 0.5) is 19.0 Å². The number of ether oxygens (including phenoxy) is 1. The van der Waals surface area contributed by atoms with Crippen LogP contribution in [0, 0.1) is 0 Å². The van der Waals surface area contributed by atoms with Crippen LogP contribution in [0.25, 0.3) is 10.2 Å². The Balaban J connectivity index is 1.70. The molecule has 0 saturated heterocycles. The quantitative estimate of drug-likeness (QED) is 0.628. The summed E-state index contributed by atoms with van der Waals surface area (Å²) in [6.45, 7) is 4.81. The number of alkyl halides is 3. The topological polar surface area (TPSA) is 95.0 Å². The predicted octanol–water partition coefficient (Wildman–Crippen LogP) is 3.00. The summed E-state index contributed by atoms with van der Waals surface area (Å²) in [5.41, 5.74) is 5.77. The van der Waals surface area contributed by atoms with Gasteiger partial charge in [0.25, 0.3) is 0 Å². The van der Waals surface area contributed by atoms with E-state index in [9.17, 15) is 13.2 Å². The van der Waals surface area contributed by atoms with Gasteiger partial charge in [-0.15, -0.1) is 21.5 Å². The number of nitrogens with zero attached hydrogens (tertiary/aromatic N) is 6. The van der Waals surface area contributed by atoms with Gasteiger partial charge < -0.3 is 19.9 Å². The molecule has 30 heavy (non-hydrogen) atoms. The number of aryl methyl sites for hydroxylation is 1. The number of hydrogen-bond acceptors (Lipinski definition) is 8. The number of fused-ring (bicyclic) bond motifs is 2. The van der Waals surface area contributed by atoms with Gasteiger partial charge in [0.2, 0.25) is 5.82 Å². The van der Waals surface area contributed by atoms with Gasteiger partial charge in [-0.25, -0.2) is 0 Å². The van der Waals surface area contributed by atoms with Gasteiger partial charge in [-0.05, 0) is 19.4 Å². The zero-order valence-corrected chi connectivity index (χ0v) is 17.4. The average Bonchev–Trinajstić information content (AvgIpc) is 3.28. The number of rotatable bonds is 6. The van der Waals surface area contributed by atoms with Crippen molar-refractivity contribution in [2.24, 2.45) is 5.73 Å². The highest BCUT2D eigenvalue weighted by Gasteiger charge is 2.39.